The maximum absolute atomic E-state index is 10.9. The number of anilines is 1. The van der Waals surface area contributed by atoms with Crippen LogP contribution in [-0.2, 0) is 4.74 Å². The van der Waals surface area contributed by atoms with Crippen molar-refractivity contribution in [2.75, 3.05) is 31.2 Å². The lowest BCUT2D eigenvalue weighted by molar-refractivity contribution is -0.384. The van der Waals surface area contributed by atoms with Crippen LogP contribution < -0.4 is 9.64 Å². The predicted octanol–water partition coefficient (Wildman–Crippen LogP) is 1.97. The Kier molecular flexibility index (Phi) is 3.25. The van der Waals surface area contributed by atoms with E-state index < -0.39 is 0 Å². The molecular weight excluding hydrogens is 248 g/mol. The van der Waals surface area contributed by atoms with Crippen molar-refractivity contribution in [3.05, 3.63) is 28.3 Å². The van der Waals surface area contributed by atoms with Gasteiger partial charge in [0.25, 0.3) is 5.69 Å². The molecule has 3 rings (SSSR count). The van der Waals surface area contributed by atoms with Crippen LogP contribution in [-0.4, -0.2) is 37.3 Å². The Morgan fingerprint density at radius 2 is 2.05 bits per heavy atom. The molecule has 0 N–H and O–H groups in total. The van der Waals surface area contributed by atoms with E-state index >= 15 is 0 Å². The highest BCUT2D eigenvalue weighted by atomic mass is 16.6. The van der Waals surface area contributed by atoms with Crippen LogP contribution in [0.4, 0.5) is 11.4 Å². The van der Waals surface area contributed by atoms with Crippen LogP contribution in [0.3, 0.4) is 0 Å². The number of benzene rings is 1. The second-order valence-electron chi connectivity index (χ2n) is 4.83. The molecular formula is C13H16N2O4. The minimum absolute atomic E-state index is 0.0765. The van der Waals surface area contributed by atoms with Crippen molar-refractivity contribution < 1.29 is 14.4 Å². The highest BCUT2D eigenvalue weighted by Crippen LogP contribution is 2.37. The van der Waals surface area contributed by atoms with Crippen LogP contribution in [0, 0.1) is 10.1 Å². The maximum Gasteiger partial charge on any atom is 0.273 e. The molecule has 0 unspecified atom stereocenters. The summed E-state index contributed by atoms with van der Waals surface area (Å²) in [5.74, 6) is 0.624. The highest BCUT2D eigenvalue weighted by Gasteiger charge is 2.27. The third-order valence-corrected chi connectivity index (χ3v) is 3.32. The Morgan fingerprint density at radius 3 is 2.68 bits per heavy atom. The van der Waals surface area contributed by atoms with Crippen molar-refractivity contribution in [2.45, 2.75) is 18.9 Å². The molecule has 2 aliphatic rings. The molecule has 0 atom stereocenters. The van der Waals surface area contributed by atoms with Gasteiger partial charge in [0, 0.05) is 19.2 Å². The summed E-state index contributed by atoms with van der Waals surface area (Å²) in [5, 5.41) is 10.9. The van der Waals surface area contributed by atoms with E-state index in [2.05, 4.69) is 4.90 Å². The summed E-state index contributed by atoms with van der Waals surface area (Å²) < 4.78 is 11.1. The Bertz CT molecular complexity index is 482. The summed E-state index contributed by atoms with van der Waals surface area (Å²) in [7, 11) is 0. The van der Waals surface area contributed by atoms with Crippen LogP contribution >= 0.6 is 0 Å². The van der Waals surface area contributed by atoms with Gasteiger partial charge in [0.2, 0.25) is 0 Å². The fraction of sp³-hybridized carbons (Fsp3) is 0.538. The largest absolute Gasteiger partial charge is 0.488 e. The van der Waals surface area contributed by atoms with E-state index in [4.69, 9.17) is 9.47 Å². The number of nitrogens with zero attached hydrogens (tertiary/aromatic N) is 2. The molecule has 6 heteroatoms. The number of hydrogen-bond acceptors (Lipinski definition) is 5. The van der Waals surface area contributed by atoms with Gasteiger partial charge in [-0.1, -0.05) is 0 Å². The van der Waals surface area contributed by atoms with E-state index in [0.29, 0.717) is 19.0 Å². The van der Waals surface area contributed by atoms with Crippen LogP contribution in [0.25, 0.3) is 0 Å². The van der Waals surface area contributed by atoms with E-state index in [1.165, 1.54) is 12.1 Å². The number of nitro benzene ring substituents is 1. The molecule has 1 aliphatic carbocycles. The Hall–Kier alpha value is -1.82. The molecule has 0 aromatic heterocycles. The zero-order valence-corrected chi connectivity index (χ0v) is 10.6. The second-order valence-corrected chi connectivity index (χ2v) is 4.83. The van der Waals surface area contributed by atoms with Gasteiger partial charge >= 0.3 is 0 Å². The fourth-order valence-electron chi connectivity index (χ4n) is 2.14. The Labute approximate surface area is 111 Å². The summed E-state index contributed by atoms with van der Waals surface area (Å²) in [5.41, 5.74) is 1.01. The monoisotopic (exact) mass is 264 g/mol. The lowest BCUT2D eigenvalue weighted by Crippen LogP contribution is -2.36. The predicted molar refractivity (Wildman–Crippen MR) is 69.8 cm³/mol. The standard InChI is InChI=1S/C13H16N2O4/c16-15(17)10-1-4-12(14-5-7-18-8-6-14)13(9-10)19-11-2-3-11/h1,4,9,11H,2-3,5-8H2. The second kappa shape index (κ2) is 5.05. The van der Waals surface area contributed by atoms with Gasteiger partial charge < -0.3 is 14.4 Å². The van der Waals surface area contributed by atoms with Gasteiger partial charge in [0.1, 0.15) is 5.75 Å². The van der Waals surface area contributed by atoms with Crippen molar-refractivity contribution in [1.82, 2.24) is 0 Å². The number of ether oxygens (including phenoxy) is 2. The van der Waals surface area contributed by atoms with Gasteiger partial charge in [-0.2, -0.15) is 0 Å². The first-order valence-corrected chi connectivity index (χ1v) is 6.52. The summed E-state index contributed by atoms with van der Waals surface area (Å²) in [6.45, 7) is 2.94. The summed E-state index contributed by atoms with van der Waals surface area (Å²) >= 11 is 0. The molecule has 0 bridgehead atoms. The molecule has 1 saturated heterocycles. The van der Waals surface area contributed by atoms with Gasteiger partial charge in [-0.3, -0.25) is 10.1 Å². The number of morpholine rings is 1. The van der Waals surface area contributed by atoms with Crippen LogP contribution in [0.2, 0.25) is 0 Å². The Morgan fingerprint density at radius 1 is 1.32 bits per heavy atom. The Balaban J connectivity index is 1.89. The van der Waals surface area contributed by atoms with E-state index in [9.17, 15) is 10.1 Å². The van der Waals surface area contributed by atoms with Crippen molar-refractivity contribution in [3.8, 4) is 5.75 Å². The van der Waals surface area contributed by atoms with Crippen LogP contribution in [0.5, 0.6) is 5.75 Å². The molecule has 1 aliphatic heterocycles. The number of non-ortho nitro benzene ring substituents is 1. The summed E-state index contributed by atoms with van der Waals surface area (Å²) in [6, 6.07) is 4.84. The molecule has 0 spiro atoms. The minimum atomic E-state index is -0.386. The van der Waals surface area contributed by atoms with E-state index in [1.54, 1.807) is 6.07 Å². The van der Waals surface area contributed by atoms with Gasteiger partial charge in [-0.05, 0) is 18.9 Å². The average molecular weight is 264 g/mol. The molecule has 0 radical (unpaired) electrons. The van der Waals surface area contributed by atoms with E-state index in [1.807, 2.05) is 0 Å². The first kappa shape index (κ1) is 12.2. The first-order chi connectivity index (χ1) is 9.24. The SMILES string of the molecule is O=[N+]([O-])c1ccc(N2CCOCC2)c(OC2CC2)c1. The van der Waals surface area contributed by atoms with Gasteiger partial charge in [0.05, 0.1) is 36.0 Å². The quantitative estimate of drug-likeness (QED) is 0.614. The van der Waals surface area contributed by atoms with Crippen molar-refractivity contribution in [2.24, 2.45) is 0 Å². The molecule has 0 amide bonds. The van der Waals surface area contributed by atoms with E-state index in [0.717, 1.165) is 31.6 Å². The number of nitro groups is 1. The molecule has 102 valence electrons. The minimum Gasteiger partial charge on any atom is -0.488 e. The molecule has 1 aromatic carbocycles. The third kappa shape index (κ3) is 2.78. The number of hydrogen-bond donors (Lipinski definition) is 0. The topological polar surface area (TPSA) is 64.8 Å². The van der Waals surface area contributed by atoms with Crippen LogP contribution in [0.15, 0.2) is 18.2 Å². The fourth-order valence-corrected chi connectivity index (χ4v) is 2.14. The number of rotatable bonds is 4. The average Bonchev–Trinajstić information content (AvgIpc) is 3.23. The maximum atomic E-state index is 10.9. The highest BCUT2D eigenvalue weighted by molar-refractivity contribution is 5.62. The summed E-state index contributed by atoms with van der Waals surface area (Å²) in [4.78, 5) is 12.6. The lowest BCUT2D eigenvalue weighted by atomic mass is 10.2. The zero-order chi connectivity index (χ0) is 13.2. The van der Waals surface area contributed by atoms with Crippen molar-refractivity contribution in [1.29, 1.82) is 0 Å². The lowest BCUT2D eigenvalue weighted by Gasteiger charge is -2.30. The first-order valence-electron chi connectivity index (χ1n) is 6.52. The molecule has 1 heterocycles. The molecule has 19 heavy (non-hydrogen) atoms. The van der Waals surface area contributed by atoms with Crippen molar-refractivity contribution in [3.63, 3.8) is 0 Å². The van der Waals surface area contributed by atoms with Gasteiger partial charge in [-0.15, -0.1) is 0 Å². The van der Waals surface area contributed by atoms with Crippen LogP contribution in [0.1, 0.15) is 12.8 Å². The molecule has 1 saturated carbocycles. The molecule has 2 fully saturated rings. The smallest absolute Gasteiger partial charge is 0.273 e. The zero-order valence-electron chi connectivity index (χ0n) is 10.6. The molecule has 1 aromatic rings. The summed E-state index contributed by atoms with van der Waals surface area (Å²) in [6.07, 6.45) is 2.29. The van der Waals surface area contributed by atoms with E-state index in [-0.39, 0.29) is 16.7 Å². The normalized spacial score (nSPS) is 19.3. The van der Waals surface area contributed by atoms with Gasteiger partial charge in [0.15, 0.2) is 0 Å². The van der Waals surface area contributed by atoms with Gasteiger partial charge in [-0.25, -0.2) is 0 Å². The third-order valence-electron chi connectivity index (χ3n) is 3.32. The molecule has 6 nitrogen and oxygen atoms in total. The van der Waals surface area contributed by atoms with Crippen molar-refractivity contribution >= 4 is 11.4 Å².